The van der Waals surface area contributed by atoms with Gasteiger partial charge in [0, 0.05) is 16.9 Å². The van der Waals surface area contributed by atoms with Crippen molar-refractivity contribution >= 4 is 47.5 Å². The molecule has 168 valence electrons. The lowest BCUT2D eigenvalue weighted by Gasteiger charge is -2.18. The fraction of sp³-hybridized carbons (Fsp3) is 0.0968. The molecule has 0 saturated heterocycles. The molecule has 0 amide bonds. The van der Waals surface area contributed by atoms with Crippen LogP contribution in [0.15, 0.2) is 84.9 Å². The number of phenols is 1. The zero-order valence-corrected chi connectivity index (χ0v) is 20.2. The largest absolute Gasteiger partial charge is 0.506 e. The molecular weight excluding hydrogens is 449 g/mol. The highest BCUT2D eigenvalue weighted by atomic mass is 35.5. The number of fused-ring (bicyclic) bond motifs is 3. The second-order valence-corrected chi connectivity index (χ2v) is 9.45. The summed E-state index contributed by atoms with van der Waals surface area (Å²) < 4.78 is 2.22. The lowest BCUT2D eigenvalue weighted by Crippen LogP contribution is -2.14. The van der Waals surface area contributed by atoms with Crippen LogP contribution in [-0.2, 0) is 6.42 Å². The van der Waals surface area contributed by atoms with Crippen LogP contribution in [-0.4, -0.2) is 17.5 Å². The van der Waals surface area contributed by atoms with Gasteiger partial charge in [-0.25, -0.2) is 0 Å². The third kappa shape index (κ3) is 3.50. The van der Waals surface area contributed by atoms with Crippen LogP contribution >= 0.6 is 11.6 Å². The molecule has 1 aliphatic rings. The summed E-state index contributed by atoms with van der Waals surface area (Å²) in [7, 11) is 6.70. The van der Waals surface area contributed by atoms with Gasteiger partial charge < -0.3 is 9.67 Å². The quantitative estimate of drug-likeness (QED) is 0.276. The van der Waals surface area contributed by atoms with Crippen molar-refractivity contribution in [3.05, 3.63) is 112 Å². The van der Waals surface area contributed by atoms with Gasteiger partial charge in [-0.15, -0.1) is 0 Å². The number of phenolic OH excluding ortho intramolecular Hbond substituents is 1. The monoisotopic (exact) mass is 471 g/mol. The Kier molecular flexibility index (Phi) is 5.31. The van der Waals surface area contributed by atoms with E-state index in [2.05, 4.69) is 71.3 Å². The molecule has 0 spiro atoms. The van der Waals surface area contributed by atoms with E-state index >= 15 is 0 Å². The number of hydrogen-bond acceptors (Lipinski definition) is 1. The average Bonchev–Trinajstić information content (AvgIpc) is 3.26. The van der Waals surface area contributed by atoms with Gasteiger partial charge in [0.05, 0.1) is 15.9 Å². The maximum atomic E-state index is 11.2. The fourth-order valence-corrected chi connectivity index (χ4v) is 5.43. The molecule has 1 aliphatic carbocycles. The standard InChI is InChI=1S/C31H23BClNO/c1-19-28(32)30-27(31(35)29(19)33)25-18-23(21-11-6-3-7-12-21)15-16-26(25)34(30)24-14-8-13-22(17-24)20-9-4-2-5-10-20/h2-14,17-18,35H,15-16H2,1H3. The Morgan fingerprint density at radius 2 is 1.49 bits per heavy atom. The minimum Gasteiger partial charge on any atom is -0.506 e. The number of halogens is 1. The molecule has 2 radical (unpaired) electrons. The minimum atomic E-state index is 0.0909. The van der Waals surface area contributed by atoms with Crippen molar-refractivity contribution in [2.24, 2.45) is 0 Å². The lowest BCUT2D eigenvalue weighted by molar-refractivity contribution is 0.481. The minimum absolute atomic E-state index is 0.0909. The number of benzene rings is 4. The molecule has 6 rings (SSSR count). The molecule has 0 aliphatic heterocycles. The molecule has 4 aromatic carbocycles. The van der Waals surface area contributed by atoms with Crippen LogP contribution in [0.1, 0.15) is 28.8 Å². The van der Waals surface area contributed by atoms with Crippen LogP contribution in [0.4, 0.5) is 0 Å². The van der Waals surface area contributed by atoms with Crippen LogP contribution in [0.25, 0.3) is 39.4 Å². The lowest BCUT2D eigenvalue weighted by atomic mass is 9.86. The Labute approximate surface area is 211 Å². The predicted octanol–water partition coefficient (Wildman–Crippen LogP) is 7.25. The SMILES string of the molecule is [B]c1c(C)c(Cl)c(O)c2c3c(n(-c4cccc(-c5ccccc5)c4)c12)CCC(c1ccccc1)=C3. The third-order valence-corrected chi connectivity index (χ3v) is 7.51. The highest BCUT2D eigenvalue weighted by molar-refractivity contribution is 6.44. The van der Waals surface area contributed by atoms with Gasteiger partial charge in [-0.3, -0.25) is 0 Å². The molecular formula is C31H23BClNO. The first-order chi connectivity index (χ1) is 17.0. The topological polar surface area (TPSA) is 25.2 Å². The Morgan fingerprint density at radius 1 is 0.829 bits per heavy atom. The first kappa shape index (κ1) is 21.8. The molecule has 0 saturated carbocycles. The predicted molar refractivity (Wildman–Crippen MR) is 148 cm³/mol. The van der Waals surface area contributed by atoms with Gasteiger partial charge in [0.15, 0.2) is 0 Å². The Balaban J connectivity index is 1.66. The Bertz CT molecular complexity index is 1620. The summed E-state index contributed by atoms with van der Waals surface area (Å²) in [4.78, 5) is 0. The van der Waals surface area contributed by atoms with Crippen LogP contribution in [0.3, 0.4) is 0 Å². The molecule has 1 aromatic heterocycles. The van der Waals surface area contributed by atoms with E-state index in [9.17, 15) is 5.11 Å². The number of aromatic nitrogens is 1. The average molecular weight is 472 g/mol. The summed E-state index contributed by atoms with van der Waals surface area (Å²) in [6, 6.07) is 29.2. The summed E-state index contributed by atoms with van der Waals surface area (Å²) in [5, 5.41) is 12.3. The van der Waals surface area contributed by atoms with E-state index < -0.39 is 0 Å². The van der Waals surface area contributed by atoms with Crippen molar-refractivity contribution in [2.45, 2.75) is 19.8 Å². The summed E-state index contributed by atoms with van der Waals surface area (Å²) in [6.07, 6.45) is 3.92. The molecule has 4 heteroatoms. The van der Waals surface area contributed by atoms with E-state index in [1.54, 1.807) is 0 Å². The number of rotatable bonds is 3. The van der Waals surface area contributed by atoms with Crippen molar-refractivity contribution in [3.8, 4) is 22.6 Å². The number of aromatic hydroxyl groups is 1. The molecule has 2 nitrogen and oxygen atoms in total. The Hall–Kier alpha value is -3.69. The second-order valence-electron chi connectivity index (χ2n) is 9.07. The van der Waals surface area contributed by atoms with Crippen molar-refractivity contribution in [1.29, 1.82) is 0 Å². The van der Waals surface area contributed by atoms with Crippen LogP contribution in [0.2, 0.25) is 5.02 Å². The van der Waals surface area contributed by atoms with E-state index in [0.29, 0.717) is 21.4 Å². The van der Waals surface area contributed by atoms with Gasteiger partial charge in [-0.2, -0.15) is 0 Å². The van der Waals surface area contributed by atoms with E-state index in [-0.39, 0.29) is 5.75 Å². The van der Waals surface area contributed by atoms with Gasteiger partial charge in [0.2, 0.25) is 0 Å². The molecule has 0 atom stereocenters. The van der Waals surface area contributed by atoms with Crippen molar-refractivity contribution in [2.75, 3.05) is 0 Å². The number of nitrogens with zero attached hydrogens (tertiary/aromatic N) is 1. The highest BCUT2D eigenvalue weighted by Crippen LogP contribution is 2.44. The molecule has 0 fully saturated rings. The summed E-state index contributed by atoms with van der Waals surface area (Å²) >= 11 is 6.56. The molecule has 5 aromatic rings. The molecule has 1 N–H and O–H groups in total. The van der Waals surface area contributed by atoms with Crippen molar-refractivity contribution in [1.82, 2.24) is 4.57 Å². The van der Waals surface area contributed by atoms with Gasteiger partial charge in [-0.05, 0) is 65.8 Å². The number of hydrogen-bond donors (Lipinski definition) is 1. The third-order valence-electron chi connectivity index (χ3n) is 7.05. The van der Waals surface area contributed by atoms with Crippen LogP contribution in [0.5, 0.6) is 5.75 Å². The summed E-state index contributed by atoms with van der Waals surface area (Å²) in [6.45, 7) is 1.86. The van der Waals surface area contributed by atoms with E-state index in [0.717, 1.165) is 46.4 Å². The maximum absolute atomic E-state index is 11.2. The first-order valence-electron chi connectivity index (χ1n) is 11.8. The van der Waals surface area contributed by atoms with Crippen molar-refractivity contribution in [3.63, 3.8) is 0 Å². The zero-order chi connectivity index (χ0) is 24.1. The summed E-state index contributed by atoms with van der Waals surface area (Å²) in [5.74, 6) is 0.0909. The highest BCUT2D eigenvalue weighted by Gasteiger charge is 2.27. The van der Waals surface area contributed by atoms with Gasteiger partial charge in [0.25, 0.3) is 0 Å². The van der Waals surface area contributed by atoms with Gasteiger partial charge in [-0.1, -0.05) is 89.9 Å². The molecule has 35 heavy (non-hydrogen) atoms. The molecule has 1 heterocycles. The number of allylic oxidation sites excluding steroid dienone is 1. The van der Waals surface area contributed by atoms with Crippen LogP contribution in [0, 0.1) is 6.92 Å². The molecule has 0 bridgehead atoms. The fourth-order valence-electron chi connectivity index (χ4n) is 5.24. The normalized spacial score (nSPS) is 13.0. The van der Waals surface area contributed by atoms with E-state index in [4.69, 9.17) is 19.4 Å². The van der Waals surface area contributed by atoms with Gasteiger partial charge in [0.1, 0.15) is 13.6 Å². The van der Waals surface area contributed by atoms with E-state index in [1.807, 2.05) is 31.2 Å². The Morgan fingerprint density at radius 3 is 2.20 bits per heavy atom. The summed E-state index contributed by atoms with van der Waals surface area (Å²) in [5.41, 5.74) is 9.95. The molecule has 0 unspecified atom stereocenters. The first-order valence-corrected chi connectivity index (χ1v) is 12.2. The maximum Gasteiger partial charge on any atom is 0.144 e. The second kappa shape index (κ2) is 8.51. The smallest absolute Gasteiger partial charge is 0.144 e. The van der Waals surface area contributed by atoms with Crippen LogP contribution < -0.4 is 5.46 Å². The van der Waals surface area contributed by atoms with E-state index in [1.165, 1.54) is 11.1 Å². The van der Waals surface area contributed by atoms with Gasteiger partial charge >= 0.3 is 0 Å². The van der Waals surface area contributed by atoms with Crippen molar-refractivity contribution < 1.29 is 5.11 Å². The zero-order valence-electron chi connectivity index (χ0n) is 19.4.